The van der Waals surface area contributed by atoms with Crippen LogP contribution in [0.5, 0.6) is 11.5 Å². The summed E-state index contributed by atoms with van der Waals surface area (Å²) in [4.78, 5) is 17.5. The molecule has 2 aliphatic rings. The van der Waals surface area contributed by atoms with Crippen LogP contribution in [-0.2, 0) is 12.8 Å². The van der Waals surface area contributed by atoms with Crippen LogP contribution in [-0.4, -0.2) is 46.7 Å². The van der Waals surface area contributed by atoms with E-state index < -0.39 is 0 Å². The smallest absolute Gasteiger partial charge is 0.160 e. The number of fused-ring (bicyclic) bond motifs is 6. The van der Waals surface area contributed by atoms with E-state index in [1.165, 1.54) is 44.1 Å². The lowest BCUT2D eigenvalue weighted by Crippen LogP contribution is -2.20. The molecule has 0 aliphatic carbocycles. The Morgan fingerprint density at radius 1 is 0.775 bits per heavy atom. The summed E-state index contributed by atoms with van der Waals surface area (Å²) in [5.74, 6) is 0.740. The van der Waals surface area contributed by atoms with E-state index >= 15 is 0 Å². The fourth-order valence-electron chi connectivity index (χ4n) is 6.57. The maximum atomic E-state index is 10.3. The maximum Gasteiger partial charge on any atom is 0.160 e. The standard InChI is InChI=1S/C34H34N4O2/c1-19-4-7-23-25-10-12-35-29(33(25)37-27(23)14-19)16-22(21-6-9-31(39)32(18-21)40-3)17-30-34-26(11-13-36-30)24-8-5-20(2)15-28(24)38-34/h4-9,14-15,18,22,37-39H,10-13,16-17H2,1-3H3. The first-order chi connectivity index (χ1) is 19.5. The number of aromatic hydroxyl groups is 1. The van der Waals surface area contributed by atoms with Gasteiger partial charge in [-0.3, -0.25) is 9.98 Å². The molecule has 4 heterocycles. The number of methoxy groups -OCH3 is 1. The highest BCUT2D eigenvalue weighted by molar-refractivity contribution is 6.09. The summed E-state index contributed by atoms with van der Waals surface area (Å²) in [5, 5.41) is 12.9. The number of ether oxygens (including phenoxy) is 1. The predicted molar refractivity (Wildman–Crippen MR) is 163 cm³/mol. The number of aryl methyl sites for hydroxylation is 2. The third kappa shape index (κ3) is 4.19. The largest absolute Gasteiger partial charge is 0.504 e. The van der Waals surface area contributed by atoms with Crippen LogP contribution in [0.4, 0.5) is 0 Å². The van der Waals surface area contributed by atoms with Crippen molar-refractivity contribution in [1.29, 1.82) is 0 Å². The van der Waals surface area contributed by atoms with E-state index in [-0.39, 0.29) is 11.7 Å². The second kappa shape index (κ2) is 9.70. The van der Waals surface area contributed by atoms with Crippen molar-refractivity contribution in [3.05, 3.63) is 93.8 Å². The number of aromatic amines is 2. The molecule has 3 N–H and O–H groups in total. The van der Waals surface area contributed by atoms with E-state index in [1.807, 2.05) is 12.1 Å². The molecule has 202 valence electrons. The van der Waals surface area contributed by atoms with Crippen LogP contribution in [0.2, 0.25) is 0 Å². The fraction of sp³-hybridized carbons (Fsp3) is 0.294. The Hall–Kier alpha value is -4.32. The van der Waals surface area contributed by atoms with Gasteiger partial charge in [-0.05, 0) is 97.5 Å². The number of aliphatic imine (C=N–C) groups is 2. The molecule has 0 bridgehead atoms. The van der Waals surface area contributed by atoms with E-state index in [0.717, 1.165) is 67.1 Å². The average Bonchev–Trinajstić information content (AvgIpc) is 3.51. The zero-order valence-electron chi connectivity index (χ0n) is 23.3. The van der Waals surface area contributed by atoms with Crippen molar-refractivity contribution in [2.75, 3.05) is 20.2 Å². The molecule has 0 saturated carbocycles. The first-order valence-corrected chi connectivity index (χ1v) is 14.1. The van der Waals surface area contributed by atoms with Crippen LogP contribution in [0.3, 0.4) is 0 Å². The molecule has 0 unspecified atom stereocenters. The number of aromatic nitrogens is 2. The second-order valence-electron chi connectivity index (χ2n) is 11.2. The van der Waals surface area contributed by atoms with Crippen molar-refractivity contribution in [2.45, 2.75) is 45.4 Å². The van der Waals surface area contributed by atoms with Crippen molar-refractivity contribution >= 4 is 33.2 Å². The molecule has 0 radical (unpaired) electrons. The number of phenols is 1. The number of nitrogens with one attached hydrogen (secondary N) is 2. The number of hydrogen-bond acceptors (Lipinski definition) is 4. The SMILES string of the molecule is COc1cc(C(CC2=NCCc3c2[nH]c2cc(C)ccc32)CC2=NCCc3c2[nH]c2cc(C)ccc32)ccc1O. The number of phenolic OH excluding ortho intramolecular Hbond substituents is 1. The Bertz CT molecular complexity index is 1730. The van der Waals surface area contributed by atoms with Crippen LogP contribution in [0.15, 0.2) is 64.6 Å². The van der Waals surface area contributed by atoms with Crippen LogP contribution in [0.25, 0.3) is 21.8 Å². The molecule has 40 heavy (non-hydrogen) atoms. The van der Waals surface area contributed by atoms with Gasteiger partial charge in [-0.2, -0.15) is 0 Å². The molecule has 7 rings (SSSR count). The molecule has 3 aromatic carbocycles. The average molecular weight is 531 g/mol. The molecule has 5 aromatic rings. The van der Waals surface area contributed by atoms with Gasteiger partial charge in [0.05, 0.1) is 29.9 Å². The number of rotatable bonds is 6. The third-order valence-electron chi connectivity index (χ3n) is 8.58. The highest BCUT2D eigenvalue weighted by Crippen LogP contribution is 2.37. The van der Waals surface area contributed by atoms with E-state index in [0.29, 0.717) is 5.75 Å². The van der Waals surface area contributed by atoms with Gasteiger partial charge >= 0.3 is 0 Å². The molecule has 0 spiro atoms. The first-order valence-electron chi connectivity index (χ1n) is 14.1. The quantitative estimate of drug-likeness (QED) is 0.222. The number of nitrogens with zero attached hydrogens (tertiary/aromatic N) is 2. The van der Waals surface area contributed by atoms with Gasteiger partial charge in [0.15, 0.2) is 11.5 Å². The summed E-state index contributed by atoms with van der Waals surface area (Å²) >= 11 is 0. The summed E-state index contributed by atoms with van der Waals surface area (Å²) in [5.41, 5.74) is 13.2. The topological polar surface area (TPSA) is 85.8 Å². The Balaban J connectivity index is 1.29. The van der Waals surface area contributed by atoms with Gasteiger partial charge in [0.2, 0.25) is 0 Å². The lowest BCUT2D eigenvalue weighted by molar-refractivity contribution is 0.372. The van der Waals surface area contributed by atoms with Crippen LogP contribution in [0, 0.1) is 13.8 Å². The predicted octanol–water partition coefficient (Wildman–Crippen LogP) is 6.93. The van der Waals surface area contributed by atoms with E-state index in [9.17, 15) is 5.11 Å². The minimum absolute atomic E-state index is 0.102. The van der Waals surface area contributed by atoms with Crippen molar-refractivity contribution in [3.8, 4) is 11.5 Å². The molecule has 2 aromatic heterocycles. The van der Waals surface area contributed by atoms with Gasteiger partial charge in [0.1, 0.15) is 0 Å². The maximum absolute atomic E-state index is 10.3. The van der Waals surface area contributed by atoms with Gasteiger partial charge in [0.25, 0.3) is 0 Å². The minimum atomic E-state index is 0.102. The monoisotopic (exact) mass is 530 g/mol. The Labute approximate surface area is 233 Å². The van der Waals surface area contributed by atoms with Crippen molar-refractivity contribution in [3.63, 3.8) is 0 Å². The highest BCUT2D eigenvalue weighted by atomic mass is 16.5. The van der Waals surface area contributed by atoms with Gasteiger partial charge in [-0.1, -0.05) is 30.3 Å². The van der Waals surface area contributed by atoms with E-state index in [2.05, 4.69) is 60.2 Å². The minimum Gasteiger partial charge on any atom is -0.504 e. The zero-order valence-corrected chi connectivity index (χ0v) is 23.3. The fourth-order valence-corrected chi connectivity index (χ4v) is 6.57. The van der Waals surface area contributed by atoms with Crippen molar-refractivity contribution in [2.24, 2.45) is 9.98 Å². The lowest BCUT2D eigenvalue weighted by Gasteiger charge is -2.24. The van der Waals surface area contributed by atoms with Gasteiger partial charge < -0.3 is 19.8 Å². The zero-order chi connectivity index (χ0) is 27.4. The molecule has 0 saturated heterocycles. The summed E-state index contributed by atoms with van der Waals surface area (Å²) < 4.78 is 5.51. The Morgan fingerprint density at radius 2 is 1.32 bits per heavy atom. The number of hydrogen-bond donors (Lipinski definition) is 3. The summed E-state index contributed by atoms with van der Waals surface area (Å²) in [6, 6.07) is 19.0. The van der Waals surface area contributed by atoms with Crippen molar-refractivity contribution in [1.82, 2.24) is 9.97 Å². The van der Waals surface area contributed by atoms with Crippen LogP contribution in [0.1, 0.15) is 58.0 Å². The highest BCUT2D eigenvalue weighted by Gasteiger charge is 2.28. The Kier molecular flexibility index (Phi) is 5.99. The molecular weight excluding hydrogens is 496 g/mol. The second-order valence-corrected chi connectivity index (χ2v) is 11.2. The molecule has 0 fully saturated rings. The summed E-state index contributed by atoms with van der Waals surface area (Å²) in [7, 11) is 1.60. The molecule has 0 atom stereocenters. The van der Waals surface area contributed by atoms with Gasteiger partial charge in [-0.25, -0.2) is 0 Å². The van der Waals surface area contributed by atoms with Gasteiger partial charge in [0, 0.05) is 34.9 Å². The summed E-state index contributed by atoms with van der Waals surface area (Å²) in [6.45, 7) is 5.85. The Morgan fingerprint density at radius 3 is 1.85 bits per heavy atom. The third-order valence-corrected chi connectivity index (χ3v) is 8.58. The molecule has 2 aliphatic heterocycles. The van der Waals surface area contributed by atoms with Crippen LogP contribution >= 0.6 is 0 Å². The molecule has 6 heteroatoms. The van der Waals surface area contributed by atoms with Gasteiger partial charge in [-0.15, -0.1) is 0 Å². The van der Waals surface area contributed by atoms with Crippen LogP contribution < -0.4 is 4.74 Å². The lowest BCUT2D eigenvalue weighted by atomic mass is 9.84. The van der Waals surface area contributed by atoms with E-state index in [4.69, 9.17) is 14.7 Å². The summed E-state index contributed by atoms with van der Waals surface area (Å²) in [6.07, 6.45) is 3.43. The number of H-pyrrole nitrogens is 2. The number of benzene rings is 3. The normalized spacial score (nSPS) is 14.8. The molecule has 6 nitrogen and oxygen atoms in total. The molecular formula is C34H34N4O2. The van der Waals surface area contributed by atoms with E-state index in [1.54, 1.807) is 13.2 Å². The van der Waals surface area contributed by atoms with Crippen molar-refractivity contribution < 1.29 is 9.84 Å². The first kappa shape index (κ1) is 24.7. The molecule has 0 amide bonds.